The Morgan fingerprint density at radius 1 is 1.69 bits per heavy atom. The first-order chi connectivity index (χ1) is 6.02. The topological polar surface area (TPSA) is 70.6 Å². The summed E-state index contributed by atoms with van der Waals surface area (Å²) in [5, 5.41) is 2.95. The summed E-state index contributed by atoms with van der Waals surface area (Å²) in [5.41, 5.74) is 0. The van der Waals surface area contributed by atoms with Crippen molar-refractivity contribution in [2.75, 3.05) is 20.2 Å². The third kappa shape index (κ3) is 7.49. The van der Waals surface area contributed by atoms with Crippen molar-refractivity contribution in [3.05, 3.63) is 0 Å². The molecule has 0 saturated heterocycles. The lowest BCUT2D eigenvalue weighted by atomic mass is 10.4. The summed E-state index contributed by atoms with van der Waals surface area (Å²) in [5.74, 6) is 0. The van der Waals surface area contributed by atoms with Crippen LogP contribution in [-0.4, -0.2) is 31.1 Å². The molecule has 5 nitrogen and oxygen atoms in total. The van der Waals surface area contributed by atoms with E-state index >= 15 is 0 Å². The summed E-state index contributed by atoms with van der Waals surface area (Å²) in [6.07, 6.45) is 0. The van der Waals surface area contributed by atoms with Crippen LogP contribution in [0.5, 0.6) is 0 Å². The molecular formula is C6H17N2O3PS. The maximum atomic E-state index is 11.1. The molecule has 7 heteroatoms. The Bertz CT molecular complexity index is 181. The minimum absolute atomic E-state index is 0.121. The zero-order chi connectivity index (χ0) is 10.3. The first-order valence-electron chi connectivity index (χ1n) is 4.08. The molecule has 0 aliphatic rings. The molecule has 0 amide bonds. The molecule has 0 spiro atoms. The van der Waals surface area contributed by atoms with Gasteiger partial charge in [-0.3, -0.25) is 0 Å². The van der Waals surface area contributed by atoms with Gasteiger partial charge in [-0.15, -0.1) is 0 Å². The van der Waals surface area contributed by atoms with Crippen LogP contribution in [0.3, 0.4) is 0 Å². The third-order valence-electron chi connectivity index (χ3n) is 1.17. The highest BCUT2D eigenvalue weighted by atomic mass is 32.7. The zero-order valence-electron chi connectivity index (χ0n) is 8.11. The molecule has 0 heterocycles. The minimum atomic E-state index is -3.49. The van der Waals surface area contributed by atoms with Crippen molar-refractivity contribution in [3.8, 4) is 0 Å². The monoisotopic (exact) mass is 228 g/mol. The molecule has 0 radical (unpaired) electrons. The van der Waals surface area contributed by atoms with E-state index in [1.165, 1.54) is 0 Å². The van der Waals surface area contributed by atoms with Crippen LogP contribution in [0.1, 0.15) is 13.8 Å². The number of hydrogen-bond acceptors (Lipinski definition) is 5. The van der Waals surface area contributed by atoms with Gasteiger partial charge in [-0.05, 0) is 20.9 Å². The molecule has 80 valence electrons. The van der Waals surface area contributed by atoms with E-state index in [4.69, 9.17) is 4.89 Å². The second-order valence-corrected chi connectivity index (χ2v) is 6.10. The first kappa shape index (κ1) is 13.4. The Hall–Kier alpha value is 0.420. The Kier molecular flexibility index (Phi) is 7.03. The van der Waals surface area contributed by atoms with Crippen LogP contribution in [-0.2, 0) is 9.09 Å². The van der Waals surface area contributed by atoms with Crippen molar-refractivity contribution in [1.82, 2.24) is 10.0 Å². The molecule has 0 aliphatic carbocycles. The van der Waals surface area contributed by atoms with E-state index in [9.17, 15) is 4.57 Å². The Labute approximate surface area is 83.0 Å². The fourth-order valence-corrected chi connectivity index (χ4v) is 2.88. The van der Waals surface area contributed by atoms with Crippen LogP contribution >= 0.6 is 18.4 Å². The highest BCUT2D eigenvalue weighted by molar-refractivity contribution is 8.53. The molecule has 0 saturated carbocycles. The van der Waals surface area contributed by atoms with Gasteiger partial charge in [0.05, 0.1) is 6.61 Å². The van der Waals surface area contributed by atoms with Crippen LogP contribution in [0, 0.1) is 0 Å². The molecule has 3 N–H and O–H groups in total. The number of likely N-dealkylation sites (N-methyl/N-ethyl adjacent to an activating group) is 1. The predicted octanol–water partition coefficient (Wildman–Crippen LogP) is 0.969. The van der Waals surface area contributed by atoms with Crippen molar-refractivity contribution >= 4 is 18.4 Å². The summed E-state index contributed by atoms with van der Waals surface area (Å²) in [6.45, 7) is 1.08. The molecule has 0 aliphatic heterocycles. The van der Waals surface area contributed by atoms with Crippen LogP contribution in [0.25, 0.3) is 0 Å². The fraction of sp³-hybridized carbons (Fsp3) is 1.00. The highest BCUT2D eigenvalue weighted by Gasteiger charge is 2.20. The number of hydrogen-bond donors (Lipinski definition) is 3. The largest absolute Gasteiger partial charge is 0.401 e. The van der Waals surface area contributed by atoms with Crippen molar-refractivity contribution in [2.45, 2.75) is 19.9 Å². The molecule has 0 bridgehead atoms. The van der Waals surface area contributed by atoms with Crippen molar-refractivity contribution in [3.63, 3.8) is 0 Å². The second kappa shape index (κ2) is 6.81. The van der Waals surface area contributed by atoms with Crippen LogP contribution < -0.4 is 10.0 Å². The zero-order valence-corrected chi connectivity index (χ0v) is 9.82. The molecule has 0 fully saturated rings. The lowest BCUT2D eigenvalue weighted by Gasteiger charge is -2.14. The van der Waals surface area contributed by atoms with Crippen LogP contribution in [0.15, 0.2) is 0 Å². The van der Waals surface area contributed by atoms with E-state index in [0.29, 0.717) is 0 Å². The molecule has 2 atom stereocenters. The van der Waals surface area contributed by atoms with Gasteiger partial charge in [-0.25, -0.2) is 9.29 Å². The lowest BCUT2D eigenvalue weighted by Crippen LogP contribution is -2.30. The molecule has 0 rings (SSSR count). The Balaban J connectivity index is 3.67. The maximum absolute atomic E-state index is 11.1. The van der Waals surface area contributed by atoms with E-state index in [0.717, 1.165) is 18.1 Å². The Morgan fingerprint density at radius 2 is 2.31 bits per heavy atom. The van der Waals surface area contributed by atoms with Gasteiger partial charge in [0.1, 0.15) is 0 Å². The van der Waals surface area contributed by atoms with Crippen LogP contribution in [0.2, 0.25) is 0 Å². The van der Waals surface area contributed by atoms with E-state index in [2.05, 4.69) is 14.6 Å². The van der Waals surface area contributed by atoms with Gasteiger partial charge >= 0.3 is 6.80 Å². The SMILES string of the molecule is CCOP(=O)(O)SNC(C)CNC. The van der Waals surface area contributed by atoms with E-state index in [-0.39, 0.29) is 12.6 Å². The van der Waals surface area contributed by atoms with Gasteiger partial charge in [-0.2, -0.15) is 0 Å². The van der Waals surface area contributed by atoms with Gasteiger partial charge < -0.3 is 14.7 Å². The van der Waals surface area contributed by atoms with Gasteiger partial charge in [0, 0.05) is 24.2 Å². The number of nitrogens with one attached hydrogen (secondary N) is 2. The van der Waals surface area contributed by atoms with E-state index < -0.39 is 6.80 Å². The van der Waals surface area contributed by atoms with Gasteiger partial charge in [0.15, 0.2) is 0 Å². The molecule has 2 unspecified atom stereocenters. The fourth-order valence-electron chi connectivity index (χ4n) is 0.694. The summed E-state index contributed by atoms with van der Waals surface area (Å²) < 4.78 is 18.6. The van der Waals surface area contributed by atoms with E-state index in [1.807, 2.05) is 14.0 Å². The minimum Gasteiger partial charge on any atom is -0.318 e. The average molecular weight is 228 g/mol. The molecule has 0 aromatic heterocycles. The summed E-state index contributed by atoms with van der Waals surface area (Å²) in [7, 11) is 1.82. The van der Waals surface area contributed by atoms with E-state index in [1.54, 1.807) is 6.92 Å². The van der Waals surface area contributed by atoms with Crippen molar-refractivity contribution in [2.24, 2.45) is 0 Å². The molecule has 0 aromatic rings. The van der Waals surface area contributed by atoms with Gasteiger partial charge in [-0.1, -0.05) is 0 Å². The highest BCUT2D eigenvalue weighted by Crippen LogP contribution is 2.53. The van der Waals surface area contributed by atoms with Gasteiger partial charge in [0.25, 0.3) is 0 Å². The standard InChI is InChI=1S/C6H17N2O3PS/c1-4-11-12(9,10)13-8-6(2)5-7-3/h6-8H,4-5H2,1-3H3,(H,9,10). The third-order valence-corrected chi connectivity index (χ3v) is 3.82. The maximum Gasteiger partial charge on any atom is 0.401 e. The Morgan fingerprint density at radius 3 is 2.77 bits per heavy atom. The smallest absolute Gasteiger partial charge is 0.318 e. The van der Waals surface area contributed by atoms with Crippen LogP contribution in [0.4, 0.5) is 0 Å². The summed E-state index contributed by atoms with van der Waals surface area (Å²) >= 11 is 0.750. The average Bonchev–Trinajstić information content (AvgIpc) is 2.02. The predicted molar refractivity (Wildman–Crippen MR) is 55.6 cm³/mol. The normalized spacial score (nSPS) is 18.2. The molecule has 13 heavy (non-hydrogen) atoms. The quantitative estimate of drug-likeness (QED) is 0.445. The lowest BCUT2D eigenvalue weighted by molar-refractivity contribution is 0.291. The van der Waals surface area contributed by atoms with Crippen molar-refractivity contribution in [1.29, 1.82) is 0 Å². The summed E-state index contributed by atoms with van der Waals surface area (Å²) in [4.78, 5) is 9.14. The van der Waals surface area contributed by atoms with Gasteiger partial charge in [0.2, 0.25) is 0 Å². The second-order valence-electron chi connectivity index (χ2n) is 2.55. The first-order valence-corrected chi connectivity index (χ1v) is 7.07. The number of rotatable bonds is 7. The summed E-state index contributed by atoms with van der Waals surface area (Å²) in [6, 6.07) is 0.121. The molecule has 0 aromatic carbocycles. The molecular weight excluding hydrogens is 211 g/mol. The van der Waals surface area contributed by atoms with Crippen molar-refractivity contribution < 1.29 is 14.0 Å².